The monoisotopic (exact) mass is 271 g/mol. The molecule has 3 nitrogen and oxygen atoms in total. The zero-order valence-corrected chi connectivity index (χ0v) is 11.7. The zero-order valence-electron chi connectivity index (χ0n) is 11.7. The molecule has 0 aliphatic heterocycles. The van der Waals surface area contributed by atoms with Gasteiger partial charge in [0, 0.05) is 18.2 Å². The Kier molecular flexibility index (Phi) is 6.21. The molecule has 2 rings (SSSR count). The van der Waals surface area contributed by atoms with Gasteiger partial charge in [-0.1, -0.05) is 30.4 Å². The van der Waals surface area contributed by atoms with Crippen molar-refractivity contribution in [1.29, 1.82) is 0 Å². The maximum Gasteiger partial charge on any atom is 0.0736 e. The average Bonchev–Trinajstić information content (AvgIpc) is 2.50. The maximum atomic E-state index is 8.65. The van der Waals surface area contributed by atoms with Crippen LogP contribution >= 0.6 is 0 Å². The third kappa shape index (κ3) is 4.76. The quantitative estimate of drug-likeness (QED) is 0.590. The van der Waals surface area contributed by atoms with E-state index < -0.39 is 0 Å². The van der Waals surface area contributed by atoms with Crippen LogP contribution in [-0.2, 0) is 11.3 Å². The standard InChI is InChI=1S/C17H21NO2/c19-10-6-2-1-3-7-11-20-14-15-12-16-8-4-5-9-17(16)18-13-15/h3-5,7-9,12-13,19H,1-2,6,10-11,14H2/b7-3+. The van der Waals surface area contributed by atoms with Crippen LogP contribution in [0.1, 0.15) is 24.8 Å². The fourth-order valence-corrected chi connectivity index (χ4v) is 2.00. The smallest absolute Gasteiger partial charge is 0.0736 e. The number of pyridine rings is 1. The van der Waals surface area contributed by atoms with E-state index >= 15 is 0 Å². The molecule has 0 amide bonds. The lowest BCUT2D eigenvalue weighted by atomic mass is 10.2. The van der Waals surface area contributed by atoms with Crippen LogP contribution in [0, 0.1) is 0 Å². The highest BCUT2D eigenvalue weighted by Crippen LogP contribution is 2.13. The first-order chi connectivity index (χ1) is 9.90. The largest absolute Gasteiger partial charge is 0.396 e. The Morgan fingerprint density at radius 1 is 1.15 bits per heavy atom. The van der Waals surface area contributed by atoms with Crippen LogP contribution in [0.2, 0.25) is 0 Å². The number of nitrogens with zero attached hydrogens (tertiary/aromatic N) is 1. The summed E-state index contributed by atoms with van der Waals surface area (Å²) in [7, 11) is 0. The van der Waals surface area contributed by atoms with Gasteiger partial charge in [0.15, 0.2) is 0 Å². The zero-order chi connectivity index (χ0) is 14.0. The highest BCUT2D eigenvalue weighted by Gasteiger charge is 1.97. The molecule has 2 aromatic rings. The summed E-state index contributed by atoms with van der Waals surface area (Å²) in [4.78, 5) is 4.41. The molecule has 0 aliphatic carbocycles. The molecule has 0 radical (unpaired) electrons. The fraction of sp³-hybridized carbons (Fsp3) is 0.353. The minimum atomic E-state index is 0.277. The van der Waals surface area contributed by atoms with Gasteiger partial charge in [-0.3, -0.25) is 4.98 Å². The molecule has 0 aliphatic rings. The van der Waals surface area contributed by atoms with Crippen LogP contribution in [0.3, 0.4) is 0 Å². The summed E-state index contributed by atoms with van der Waals surface area (Å²) in [5.74, 6) is 0. The average molecular weight is 271 g/mol. The van der Waals surface area contributed by atoms with Crippen molar-refractivity contribution in [1.82, 2.24) is 4.98 Å². The summed E-state index contributed by atoms with van der Waals surface area (Å²) in [5.41, 5.74) is 2.11. The van der Waals surface area contributed by atoms with E-state index in [1.807, 2.05) is 30.5 Å². The van der Waals surface area contributed by atoms with E-state index in [4.69, 9.17) is 9.84 Å². The summed E-state index contributed by atoms with van der Waals surface area (Å²) in [6.45, 7) is 1.48. The van der Waals surface area contributed by atoms with E-state index in [-0.39, 0.29) is 6.61 Å². The Balaban J connectivity index is 1.73. The van der Waals surface area contributed by atoms with Crippen molar-refractivity contribution in [2.45, 2.75) is 25.9 Å². The number of hydrogen-bond donors (Lipinski definition) is 1. The van der Waals surface area contributed by atoms with Gasteiger partial charge in [0.25, 0.3) is 0 Å². The van der Waals surface area contributed by atoms with Gasteiger partial charge in [-0.05, 0) is 37.0 Å². The summed E-state index contributed by atoms with van der Waals surface area (Å²) >= 11 is 0. The Hall–Kier alpha value is -1.71. The number of rotatable bonds is 8. The topological polar surface area (TPSA) is 42.4 Å². The molecule has 3 heteroatoms. The highest BCUT2D eigenvalue weighted by atomic mass is 16.5. The molecule has 1 N–H and O–H groups in total. The van der Waals surface area contributed by atoms with Crippen molar-refractivity contribution in [3.63, 3.8) is 0 Å². The van der Waals surface area contributed by atoms with E-state index in [0.717, 1.165) is 35.7 Å². The van der Waals surface area contributed by atoms with Crippen molar-refractivity contribution < 1.29 is 9.84 Å². The van der Waals surface area contributed by atoms with Crippen molar-refractivity contribution in [2.75, 3.05) is 13.2 Å². The lowest BCUT2D eigenvalue weighted by molar-refractivity contribution is 0.148. The van der Waals surface area contributed by atoms with E-state index in [1.54, 1.807) is 0 Å². The van der Waals surface area contributed by atoms with Gasteiger partial charge < -0.3 is 9.84 Å². The van der Waals surface area contributed by atoms with Gasteiger partial charge in [-0.15, -0.1) is 0 Å². The molecule has 0 spiro atoms. The molecule has 106 valence electrons. The summed E-state index contributed by atoms with van der Waals surface area (Å²) in [5, 5.41) is 9.80. The summed E-state index contributed by atoms with van der Waals surface area (Å²) < 4.78 is 5.60. The van der Waals surface area contributed by atoms with Gasteiger partial charge in [0.2, 0.25) is 0 Å². The number of ether oxygens (including phenoxy) is 1. The van der Waals surface area contributed by atoms with E-state index in [0.29, 0.717) is 13.2 Å². The van der Waals surface area contributed by atoms with E-state index in [9.17, 15) is 0 Å². The number of allylic oxidation sites excluding steroid dienone is 1. The SMILES string of the molecule is OCCCC/C=C/COCc1cnc2ccccc2c1. The van der Waals surface area contributed by atoms with Gasteiger partial charge in [-0.25, -0.2) is 0 Å². The molecule has 0 saturated carbocycles. The predicted octanol–water partition coefficient (Wildman–Crippen LogP) is 3.47. The third-order valence-electron chi connectivity index (χ3n) is 3.08. The second-order valence-corrected chi connectivity index (χ2v) is 4.74. The van der Waals surface area contributed by atoms with Crippen LogP contribution in [0.15, 0.2) is 48.7 Å². The van der Waals surface area contributed by atoms with Crippen LogP contribution in [0.5, 0.6) is 0 Å². The summed E-state index contributed by atoms with van der Waals surface area (Å²) in [6, 6.07) is 10.2. The lowest BCUT2D eigenvalue weighted by Crippen LogP contribution is -1.94. The lowest BCUT2D eigenvalue weighted by Gasteiger charge is -2.03. The second kappa shape index (κ2) is 8.46. The maximum absolute atomic E-state index is 8.65. The normalized spacial score (nSPS) is 11.4. The number of aliphatic hydroxyl groups is 1. The third-order valence-corrected chi connectivity index (χ3v) is 3.08. The molecule has 0 atom stereocenters. The number of aromatic nitrogens is 1. The first-order valence-corrected chi connectivity index (χ1v) is 7.07. The molecule has 1 aromatic carbocycles. The Labute approximate surface area is 119 Å². The predicted molar refractivity (Wildman–Crippen MR) is 81.5 cm³/mol. The molecule has 0 saturated heterocycles. The molecule has 1 aromatic heterocycles. The van der Waals surface area contributed by atoms with Crippen LogP contribution in [0.25, 0.3) is 10.9 Å². The van der Waals surface area contributed by atoms with Crippen LogP contribution < -0.4 is 0 Å². The fourth-order valence-electron chi connectivity index (χ4n) is 2.00. The Morgan fingerprint density at radius 2 is 2.05 bits per heavy atom. The number of unbranched alkanes of at least 4 members (excludes halogenated alkanes) is 2. The minimum absolute atomic E-state index is 0.277. The van der Waals surface area contributed by atoms with Crippen molar-refractivity contribution in [3.05, 3.63) is 54.2 Å². The molecule has 0 fully saturated rings. The van der Waals surface area contributed by atoms with Gasteiger partial charge in [0.05, 0.1) is 18.7 Å². The van der Waals surface area contributed by atoms with Crippen molar-refractivity contribution >= 4 is 10.9 Å². The van der Waals surface area contributed by atoms with E-state index in [1.165, 1.54) is 0 Å². The van der Waals surface area contributed by atoms with Crippen LogP contribution in [0.4, 0.5) is 0 Å². The number of hydrogen-bond acceptors (Lipinski definition) is 3. The number of aliphatic hydroxyl groups excluding tert-OH is 1. The molecule has 0 unspecified atom stereocenters. The molecule has 1 heterocycles. The summed E-state index contributed by atoms with van der Waals surface area (Å²) in [6.07, 6.45) is 8.91. The first kappa shape index (κ1) is 14.7. The Bertz CT molecular complexity index is 551. The molecular weight excluding hydrogens is 250 g/mol. The molecule has 20 heavy (non-hydrogen) atoms. The van der Waals surface area contributed by atoms with Gasteiger partial charge in [0.1, 0.15) is 0 Å². The van der Waals surface area contributed by atoms with Crippen LogP contribution in [-0.4, -0.2) is 23.3 Å². The number of fused-ring (bicyclic) bond motifs is 1. The number of benzene rings is 1. The van der Waals surface area contributed by atoms with Gasteiger partial charge >= 0.3 is 0 Å². The Morgan fingerprint density at radius 3 is 2.95 bits per heavy atom. The molecular formula is C17H21NO2. The minimum Gasteiger partial charge on any atom is -0.396 e. The first-order valence-electron chi connectivity index (χ1n) is 7.07. The number of para-hydroxylation sites is 1. The van der Waals surface area contributed by atoms with Crippen molar-refractivity contribution in [3.8, 4) is 0 Å². The van der Waals surface area contributed by atoms with Crippen molar-refractivity contribution in [2.24, 2.45) is 0 Å². The van der Waals surface area contributed by atoms with Gasteiger partial charge in [-0.2, -0.15) is 0 Å². The highest BCUT2D eigenvalue weighted by molar-refractivity contribution is 5.78. The van der Waals surface area contributed by atoms with E-state index in [2.05, 4.69) is 23.2 Å². The molecule has 0 bridgehead atoms. The second-order valence-electron chi connectivity index (χ2n) is 4.74.